The molecule has 21 heavy (non-hydrogen) atoms. The number of sulfonamides is 1. The standard InChI is InChI=1S/C14H23NO5S/c1-10-12(6-11(7-16)19-10)21(17,18)15-8-13(2,3)20-14(4,5)9-15/h6,16H,7-9H2,1-5H3. The quantitative estimate of drug-likeness (QED) is 0.917. The van der Waals surface area contributed by atoms with Crippen molar-refractivity contribution >= 4 is 10.0 Å². The number of hydrogen-bond acceptors (Lipinski definition) is 5. The maximum atomic E-state index is 12.8. The highest BCUT2D eigenvalue weighted by molar-refractivity contribution is 7.89. The van der Waals surface area contributed by atoms with Crippen LogP contribution in [0.4, 0.5) is 0 Å². The summed E-state index contributed by atoms with van der Waals surface area (Å²) in [5, 5.41) is 9.10. The topological polar surface area (TPSA) is 80.0 Å². The Morgan fingerprint density at radius 1 is 1.24 bits per heavy atom. The summed E-state index contributed by atoms with van der Waals surface area (Å²) in [6.45, 7) is 9.31. The highest BCUT2D eigenvalue weighted by atomic mass is 32.2. The fraction of sp³-hybridized carbons (Fsp3) is 0.714. The molecular formula is C14H23NO5S. The maximum Gasteiger partial charge on any atom is 0.246 e. The van der Waals surface area contributed by atoms with Crippen molar-refractivity contribution in [3.8, 4) is 0 Å². The molecule has 0 bridgehead atoms. The van der Waals surface area contributed by atoms with E-state index in [9.17, 15) is 8.42 Å². The molecule has 2 heterocycles. The van der Waals surface area contributed by atoms with Gasteiger partial charge in [-0.1, -0.05) is 0 Å². The van der Waals surface area contributed by atoms with Gasteiger partial charge < -0.3 is 14.3 Å². The van der Waals surface area contributed by atoms with E-state index in [0.717, 1.165) is 0 Å². The van der Waals surface area contributed by atoms with Gasteiger partial charge in [0.15, 0.2) is 0 Å². The highest BCUT2D eigenvalue weighted by Gasteiger charge is 2.43. The number of ether oxygens (including phenoxy) is 1. The lowest BCUT2D eigenvalue weighted by Crippen LogP contribution is -2.58. The van der Waals surface area contributed by atoms with Gasteiger partial charge in [0, 0.05) is 19.2 Å². The summed E-state index contributed by atoms with van der Waals surface area (Å²) in [6.07, 6.45) is 0. The number of hydrogen-bond donors (Lipinski definition) is 1. The van der Waals surface area contributed by atoms with Crippen LogP contribution >= 0.6 is 0 Å². The summed E-state index contributed by atoms with van der Waals surface area (Å²) in [5.41, 5.74) is -1.13. The number of nitrogens with zero attached hydrogens (tertiary/aromatic N) is 1. The van der Waals surface area contributed by atoms with Crippen LogP contribution in [0, 0.1) is 6.92 Å². The first-order valence-electron chi connectivity index (χ1n) is 6.87. The van der Waals surface area contributed by atoms with E-state index >= 15 is 0 Å². The lowest BCUT2D eigenvalue weighted by Gasteiger charge is -2.46. The van der Waals surface area contributed by atoms with Gasteiger partial charge in [-0.25, -0.2) is 8.42 Å². The average Bonchev–Trinajstić information content (AvgIpc) is 2.67. The molecule has 1 aliphatic heterocycles. The van der Waals surface area contributed by atoms with Crippen molar-refractivity contribution in [3.63, 3.8) is 0 Å². The molecule has 1 saturated heterocycles. The molecule has 0 atom stereocenters. The van der Waals surface area contributed by atoms with Crippen molar-refractivity contribution in [2.24, 2.45) is 0 Å². The smallest absolute Gasteiger partial charge is 0.246 e. The molecule has 1 N–H and O–H groups in total. The van der Waals surface area contributed by atoms with Gasteiger partial charge in [-0.05, 0) is 34.6 Å². The number of rotatable bonds is 3. The Morgan fingerprint density at radius 2 is 1.76 bits per heavy atom. The van der Waals surface area contributed by atoms with E-state index in [1.807, 2.05) is 27.7 Å². The second-order valence-corrected chi connectivity index (χ2v) is 8.59. The molecule has 0 radical (unpaired) electrons. The lowest BCUT2D eigenvalue weighted by molar-refractivity contribution is -0.163. The zero-order valence-corrected chi connectivity index (χ0v) is 14.0. The summed E-state index contributed by atoms with van der Waals surface area (Å²) in [6, 6.07) is 1.39. The summed E-state index contributed by atoms with van der Waals surface area (Å²) in [5.74, 6) is 0.541. The number of furan rings is 1. The third kappa shape index (κ3) is 3.31. The minimum atomic E-state index is -3.68. The second-order valence-electron chi connectivity index (χ2n) is 6.69. The van der Waals surface area contributed by atoms with Gasteiger partial charge in [-0.15, -0.1) is 0 Å². The van der Waals surface area contributed by atoms with Gasteiger partial charge in [-0.3, -0.25) is 0 Å². The Balaban J connectivity index is 2.41. The van der Waals surface area contributed by atoms with Crippen molar-refractivity contribution in [2.75, 3.05) is 13.1 Å². The van der Waals surface area contributed by atoms with Crippen molar-refractivity contribution in [2.45, 2.75) is 57.3 Å². The Labute approximate surface area is 125 Å². The van der Waals surface area contributed by atoms with E-state index in [1.165, 1.54) is 10.4 Å². The zero-order valence-electron chi connectivity index (χ0n) is 13.1. The molecular weight excluding hydrogens is 294 g/mol. The Bertz CT molecular complexity index is 614. The fourth-order valence-electron chi connectivity index (χ4n) is 2.89. The lowest BCUT2D eigenvalue weighted by atomic mass is 10.0. The van der Waals surface area contributed by atoms with Crippen LogP contribution in [0.3, 0.4) is 0 Å². The van der Waals surface area contributed by atoms with E-state index in [4.69, 9.17) is 14.3 Å². The predicted molar refractivity (Wildman–Crippen MR) is 77.4 cm³/mol. The Hall–Kier alpha value is -0.890. The summed E-state index contributed by atoms with van der Waals surface area (Å²) in [7, 11) is -3.68. The summed E-state index contributed by atoms with van der Waals surface area (Å²) >= 11 is 0. The molecule has 0 amide bonds. The van der Waals surface area contributed by atoms with Crippen LogP contribution in [0.1, 0.15) is 39.2 Å². The van der Waals surface area contributed by atoms with Crippen LogP contribution in [0.5, 0.6) is 0 Å². The Morgan fingerprint density at radius 3 is 2.19 bits per heavy atom. The summed E-state index contributed by atoms with van der Waals surface area (Å²) in [4.78, 5) is 0.111. The normalized spacial score (nSPS) is 22.4. The van der Waals surface area contributed by atoms with Crippen molar-refractivity contribution in [3.05, 3.63) is 17.6 Å². The van der Waals surface area contributed by atoms with Gasteiger partial charge in [0.05, 0.1) is 11.2 Å². The van der Waals surface area contributed by atoms with E-state index in [1.54, 1.807) is 6.92 Å². The van der Waals surface area contributed by atoms with E-state index in [0.29, 0.717) is 5.76 Å². The van der Waals surface area contributed by atoms with Crippen molar-refractivity contribution < 1.29 is 22.7 Å². The van der Waals surface area contributed by atoms with Crippen LogP contribution in [0.15, 0.2) is 15.4 Å². The van der Waals surface area contributed by atoms with Crippen LogP contribution in [0.2, 0.25) is 0 Å². The molecule has 7 heteroatoms. The number of aliphatic hydroxyl groups excluding tert-OH is 1. The first-order chi connectivity index (χ1) is 9.47. The van der Waals surface area contributed by atoms with Crippen LogP contribution < -0.4 is 0 Å². The van der Waals surface area contributed by atoms with Gasteiger partial charge in [0.1, 0.15) is 23.0 Å². The molecule has 2 rings (SSSR count). The first kappa shape index (κ1) is 16.5. The van der Waals surface area contributed by atoms with E-state index < -0.39 is 21.2 Å². The highest BCUT2D eigenvalue weighted by Crippen LogP contribution is 2.33. The van der Waals surface area contributed by atoms with Crippen LogP contribution in [-0.4, -0.2) is 42.1 Å². The molecule has 0 spiro atoms. The van der Waals surface area contributed by atoms with E-state index in [2.05, 4.69) is 0 Å². The largest absolute Gasteiger partial charge is 0.462 e. The minimum absolute atomic E-state index is 0.111. The van der Waals surface area contributed by atoms with Gasteiger partial charge in [-0.2, -0.15) is 4.31 Å². The van der Waals surface area contributed by atoms with Crippen LogP contribution in [0.25, 0.3) is 0 Å². The molecule has 1 aromatic rings. The zero-order chi connectivity index (χ0) is 16.1. The Kier molecular flexibility index (Phi) is 3.99. The number of morpholine rings is 1. The monoisotopic (exact) mass is 317 g/mol. The molecule has 1 aromatic heterocycles. The predicted octanol–water partition coefficient (Wildman–Crippen LogP) is 1.66. The molecule has 6 nitrogen and oxygen atoms in total. The minimum Gasteiger partial charge on any atom is -0.462 e. The van der Waals surface area contributed by atoms with Gasteiger partial charge in [0.2, 0.25) is 10.0 Å². The maximum absolute atomic E-state index is 12.8. The van der Waals surface area contributed by atoms with Gasteiger partial charge >= 0.3 is 0 Å². The SMILES string of the molecule is Cc1oc(CO)cc1S(=O)(=O)N1CC(C)(C)OC(C)(C)C1. The van der Waals surface area contributed by atoms with Crippen molar-refractivity contribution in [1.82, 2.24) is 4.31 Å². The molecule has 0 saturated carbocycles. The molecule has 0 aliphatic carbocycles. The molecule has 1 fully saturated rings. The third-order valence-electron chi connectivity index (χ3n) is 3.36. The van der Waals surface area contributed by atoms with Gasteiger partial charge in [0.25, 0.3) is 0 Å². The van der Waals surface area contributed by atoms with E-state index in [-0.39, 0.29) is 30.4 Å². The fourth-order valence-corrected chi connectivity index (χ4v) is 4.81. The second kappa shape index (κ2) is 5.08. The van der Waals surface area contributed by atoms with Crippen molar-refractivity contribution in [1.29, 1.82) is 0 Å². The average molecular weight is 317 g/mol. The first-order valence-corrected chi connectivity index (χ1v) is 8.31. The molecule has 0 unspecified atom stereocenters. The van der Waals surface area contributed by atoms with Crippen LogP contribution in [-0.2, 0) is 21.4 Å². The molecule has 120 valence electrons. The number of aliphatic hydroxyl groups is 1. The molecule has 0 aromatic carbocycles. The third-order valence-corrected chi connectivity index (χ3v) is 5.26. The summed E-state index contributed by atoms with van der Waals surface area (Å²) < 4.78 is 38.3. The number of aryl methyl sites for hydroxylation is 1. The molecule has 1 aliphatic rings.